The summed E-state index contributed by atoms with van der Waals surface area (Å²) < 4.78 is 0. The van der Waals surface area contributed by atoms with E-state index in [-0.39, 0.29) is 0 Å². The number of halogens is 1. The van der Waals surface area contributed by atoms with E-state index in [9.17, 15) is 0 Å². The van der Waals surface area contributed by atoms with Crippen molar-refractivity contribution >= 4 is 23.6 Å². The van der Waals surface area contributed by atoms with E-state index in [0.717, 1.165) is 16.8 Å². The summed E-state index contributed by atoms with van der Waals surface area (Å²) in [5.74, 6) is 0.588. The number of hydrogen-bond donors (Lipinski definition) is 1. The highest BCUT2D eigenvalue weighted by molar-refractivity contribution is 6.30. The Bertz CT molecular complexity index is 753. The zero-order valence-electron chi connectivity index (χ0n) is 11.6. The molecule has 0 unspecified atom stereocenters. The summed E-state index contributed by atoms with van der Waals surface area (Å²) in [6, 6.07) is 21.1. The number of nitrogens with zero attached hydrogens (tertiary/aromatic N) is 3. The quantitative estimate of drug-likeness (QED) is 0.579. The molecule has 0 atom stereocenters. The van der Waals surface area contributed by atoms with Crippen molar-refractivity contribution in [2.75, 3.05) is 5.43 Å². The first-order chi connectivity index (χ1) is 10.8. The largest absolute Gasteiger partial charge is 0.260 e. The summed E-state index contributed by atoms with van der Waals surface area (Å²) in [7, 11) is 0. The van der Waals surface area contributed by atoms with E-state index in [1.54, 1.807) is 6.21 Å². The predicted octanol–water partition coefficient (Wildman–Crippen LogP) is 4.24. The molecule has 0 saturated heterocycles. The van der Waals surface area contributed by atoms with Crippen molar-refractivity contribution < 1.29 is 0 Å². The van der Waals surface area contributed by atoms with Crippen molar-refractivity contribution in [1.29, 1.82) is 0 Å². The van der Waals surface area contributed by atoms with Gasteiger partial charge in [-0.15, -0.1) is 10.2 Å². The van der Waals surface area contributed by atoms with Crippen molar-refractivity contribution in [1.82, 2.24) is 10.2 Å². The maximum absolute atomic E-state index is 5.83. The number of benzene rings is 2. The zero-order valence-corrected chi connectivity index (χ0v) is 12.4. The van der Waals surface area contributed by atoms with Gasteiger partial charge in [-0.25, -0.2) is 0 Å². The first kappa shape index (κ1) is 14.2. The monoisotopic (exact) mass is 308 g/mol. The van der Waals surface area contributed by atoms with Crippen LogP contribution in [-0.4, -0.2) is 16.4 Å². The molecule has 4 nitrogen and oxygen atoms in total. The standard InChI is InChI=1S/C17H13ClN4/c18-15-8-6-13(7-9-15)12-19-21-17-11-10-16(20-22-17)14-4-2-1-3-5-14/h1-12H,(H,21,22). The highest BCUT2D eigenvalue weighted by atomic mass is 35.5. The number of hydrogen-bond acceptors (Lipinski definition) is 4. The van der Waals surface area contributed by atoms with Gasteiger partial charge < -0.3 is 0 Å². The van der Waals surface area contributed by atoms with Gasteiger partial charge in [0.2, 0.25) is 0 Å². The van der Waals surface area contributed by atoms with E-state index in [0.29, 0.717) is 10.8 Å². The maximum Gasteiger partial charge on any atom is 0.168 e. The lowest BCUT2D eigenvalue weighted by molar-refractivity contribution is 1.03. The fourth-order valence-electron chi connectivity index (χ4n) is 1.88. The minimum Gasteiger partial charge on any atom is -0.260 e. The van der Waals surface area contributed by atoms with Crippen LogP contribution in [0.5, 0.6) is 0 Å². The molecule has 3 aromatic rings. The van der Waals surface area contributed by atoms with Crippen LogP contribution in [0.4, 0.5) is 5.82 Å². The third-order valence-electron chi connectivity index (χ3n) is 3.00. The summed E-state index contributed by atoms with van der Waals surface area (Å²) in [5, 5.41) is 13.1. The Kier molecular flexibility index (Phi) is 4.41. The molecular formula is C17H13ClN4. The van der Waals surface area contributed by atoms with E-state index in [2.05, 4.69) is 20.7 Å². The van der Waals surface area contributed by atoms with Crippen LogP contribution >= 0.6 is 11.6 Å². The van der Waals surface area contributed by atoms with E-state index < -0.39 is 0 Å². The molecule has 3 rings (SSSR count). The third-order valence-corrected chi connectivity index (χ3v) is 3.25. The second-order valence-corrected chi connectivity index (χ2v) is 5.03. The molecule has 0 bridgehead atoms. The molecule has 2 aromatic carbocycles. The first-order valence-corrected chi connectivity index (χ1v) is 7.13. The topological polar surface area (TPSA) is 50.2 Å². The van der Waals surface area contributed by atoms with E-state index >= 15 is 0 Å². The summed E-state index contributed by atoms with van der Waals surface area (Å²) in [5.41, 5.74) is 5.66. The minimum atomic E-state index is 0.588. The van der Waals surface area contributed by atoms with Crippen LogP contribution in [0.1, 0.15) is 5.56 Å². The van der Waals surface area contributed by atoms with Gasteiger partial charge in [-0.2, -0.15) is 5.10 Å². The summed E-state index contributed by atoms with van der Waals surface area (Å²) >= 11 is 5.83. The Hall–Kier alpha value is -2.72. The van der Waals surface area contributed by atoms with Crippen molar-refractivity contribution in [3.63, 3.8) is 0 Å². The van der Waals surface area contributed by atoms with Gasteiger partial charge in [0.25, 0.3) is 0 Å². The minimum absolute atomic E-state index is 0.588. The Labute approximate surface area is 133 Å². The van der Waals surface area contributed by atoms with Crippen LogP contribution in [0, 0.1) is 0 Å². The molecule has 0 saturated carbocycles. The highest BCUT2D eigenvalue weighted by Gasteiger charge is 1.99. The second-order valence-electron chi connectivity index (χ2n) is 4.59. The van der Waals surface area contributed by atoms with Crippen molar-refractivity contribution in [2.45, 2.75) is 0 Å². The van der Waals surface area contributed by atoms with Gasteiger partial charge in [0.1, 0.15) is 0 Å². The van der Waals surface area contributed by atoms with E-state index in [4.69, 9.17) is 11.6 Å². The number of nitrogens with one attached hydrogen (secondary N) is 1. The van der Waals surface area contributed by atoms with E-state index in [1.165, 1.54) is 0 Å². The SMILES string of the molecule is Clc1ccc(C=NNc2ccc(-c3ccccc3)nn2)cc1. The zero-order chi connectivity index (χ0) is 15.2. The lowest BCUT2D eigenvalue weighted by Gasteiger charge is -2.01. The third kappa shape index (κ3) is 3.68. The molecule has 0 fully saturated rings. The van der Waals surface area contributed by atoms with E-state index in [1.807, 2.05) is 66.7 Å². The second kappa shape index (κ2) is 6.83. The molecule has 1 aromatic heterocycles. The number of aromatic nitrogens is 2. The van der Waals surface area contributed by atoms with Crippen LogP contribution < -0.4 is 5.43 Å². The smallest absolute Gasteiger partial charge is 0.168 e. The van der Waals surface area contributed by atoms with Crippen LogP contribution in [0.15, 0.2) is 71.8 Å². The summed E-state index contributed by atoms with van der Waals surface area (Å²) in [6.07, 6.45) is 1.70. The fourth-order valence-corrected chi connectivity index (χ4v) is 2.00. The molecule has 5 heteroatoms. The van der Waals surface area contributed by atoms with Crippen LogP contribution in [0.2, 0.25) is 5.02 Å². The van der Waals surface area contributed by atoms with Crippen molar-refractivity contribution in [3.05, 3.63) is 77.3 Å². The molecule has 0 aliphatic rings. The van der Waals surface area contributed by atoms with Gasteiger partial charge in [0.15, 0.2) is 5.82 Å². The normalized spacial score (nSPS) is 10.8. The summed E-state index contributed by atoms with van der Waals surface area (Å²) in [4.78, 5) is 0. The average molecular weight is 309 g/mol. The van der Waals surface area contributed by atoms with Gasteiger partial charge in [-0.1, -0.05) is 54.1 Å². The van der Waals surface area contributed by atoms with Crippen LogP contribution in [0.25, 0.3) is 11.3 Å². The predicted molar refractivity (Wildman–Crippen MR) is 90.1 cm³/mol. The Morgan fingerprint density at radius 3 is 2.32 bits per heavy atom. The number of hydrazone groups is 1. The van der Waals surface area contributed by atoms with Gasteiger partial charge in [0.05, 0.1) is 11.9 Å². The number of rotatable bonds is 4. The van der Waals surface area contributed by atoms with Crippen molar-refractivity contribution in [3.8, 4) is 11.3 Å². The molecular weight excluding hydrogens is 296 g/mol. The highest BCUT2D eigenvalue weighted by Crippen LogP contribution is 2.16. The lowest BCUT2D eigenvalue weighted by atomic mass is 10.1. The molecule has 1 heterocycles. The Morgan fingerprint density at radius 2 is 1.64 bits per heavy atom. The van der Waals surface area contributed by atoms with Crippen LogP contribution in [0.3, 0.4) is 0 Å². The molecule has 0 amide bonds. The molecule has 0 aliphatic heterocycles. The maximum atomic E-state index is 5.83. The van der Waals surface area contributed by atoms with Gasteiger partial charge in [-0.05, 0) is 29.8 Å². The van der Waals surface area contributed by atoms with Gasteiger partial charge in [0, 0.05) is 10.6 Å². The molecule has 0 radical (unpaired) electrons. The fraction of sp³-hybridized carbons (Fsp3) is 0. The Balaban J connectivity index is 1.65. The van der Waals surface area contributed by atoms with Crippen LogP contribution in [-0.2, 0) is 0 Å². The molecule has 1 N–H and O–H groups in total. The lowest BCUT2D eigenvalue weighted by Crippen LogP contribution is -1.96. The van der Waals surface area contributed by atoms with Gasteiger partial charge in [-0.3, -0.25) is 5.43 Å². The van der Waals surface area contributed by atoms with Gasteiger partial charge >= 0.3 is 0 Å². The molecule has 0 spiro atoms. The number of anilines is 1. The Morgan fingerprint density at radius 1 is 0.864 bits per heavy atom. The summed E-state index contributed by atoms with van der Waals surface area (Å²) in [6.45, 7) is 0. The molecule has 108 valence electrons. The molecule has 0 aliphatic carbocycles. The average Bonchev–Trinajstić information content (AvgIpc) is 2.58. The molecule has 22 heavy (non-hydrogen) atoms. The van der Waals surface area contributed by atoms with Crippen molar-refractivity contribution in [2.24, 2.45) is 5.10 Å². The first-order valence-electron chi connectivity index (χ1n) is 6.75.